The quantitative estimate of drug-likeness (QED) is 0.889. The van der Waals surface area contributed by atoms with Gasteiger partial charge in [-0.05, 0) is 28.1 Å². The fourth-order valence-corrected chi connectivity index (χ4v) is 1.45. The van der Waals surface area contributed by atoms with Gasteiger partial charge in [-0.1, -0.05) is 0 Å². The lowest BCUT2D eigenvalue weighted by atomic mass is 10.3. The van der Waals surface area contributed by atoms with Gasteiger partial charge >= 0.3 is 0 Å². The molecule has 0 atom stereocenters. The summed E-state index contributed by atoms with van der Waals surface area (Å²) in [6.45, 7) is 1.53. The van der Waals surface area contributed by atoms with Crippen molar-refractivity contribution in [2.24, 2.45) is 0 Å². The number of aromatic amines is 1. The molecular formula is C10H11BrN4. The van der Waals surface area contributed by atoms with Crippen molar-refractivity contribution in [3.05, 3.63) is 46.7 Å². The van der Waals surface area contributed by atoms with Gasteiger partial charge in [0.2, 0.25) is 0 Å². The van der Waals surface area contributed by atoms with E-state index >= 15 is 0 Å². The Balaban J connectivity index is 1.81. The predicted molar refractivity (Wildman–Crippen MR) is 61.1 cm³/mol. The minimum Gasteiger partial charge on any atom is -0.347 e. The Hall–Kier alpha value is -1.20. The lowest BCUT2D eigenvalue weighted by Crippen LogP contribution is -2.13. The van der Waals surface area contributed by atoms with Crippen LogP contribution in [0.2, 0.25) is 0 Å². The Morgan fingerprint density at radius 1 is 1.27 bits per heavy atom. The van der Waals surface area contributed by atoms with Crippen LogP contribution in [-0.4, -0.2) is 15.0 Å². The Labute approximate surface area is 96.3 Å². The zero-order valence-corrected chi connectivity index (χ0v) is 9.66. The largest absolute Gasteiger partial charge is 0.347 e. The van der Waals surface area contributed by atoms with E-state index < -0.39 is 0 Å². The highest BCUT2D eigenvalue weighted by Gasteiger charge is 1.95. The van der Waals surface area contributed by atoms with Gasteiger partial charge in [0.05, 0.1) is 12.0 Å². The second kappa shape index (κ2) is 5.04. The average Bonchev–Trinajstić information content (AvgIpc) is 2.74. The number of imidazole rings is 1. The Kier molecular flexibility index (Phi) is 3.47. The lowest BCUT2D eigenvalue weighted by Gasteiger charge is -2.02. The number of halogens is 1. The molecule has 0 radical (unpaired) electrons. The Bertz CT molecular complexity index is 396. The van der Waals surface area contributed by atoms with Crippen molar-refractivity contribution in [1.29, 1.82) is 0 Å². The van der Waals surface area contributed by atoms with Crippen LogP contribution >= 0.6 is 15.9 Å². The first-order chi connectivity index (χ1) is 7.34. The summed E-state index contributed by atoms with van der Waals surface area (Å²) in [5, 5.41) is 3.27. The van der Waals surface area contributed by atoms with Crippen molar-refractivity contribution < 1.29 is 0 Å². The zero-order chi connectivity index (χ0) is 10.5. The smallest absolute Gasteiger partial charge is 0.0922 e. The third-order valence-corrected chi connectivity index (χ3v) is 2.43. The second-order valence-corrected chi connectivity index (χ2v) is 4.06. The van der Waals surface area contributed by atoms with Crippen molar-refractivity contribution in [1.82, 2.24) is 20.3 Å². The fraction of sp³-hybridized carbons (Fsp3) is 0.200. The molecule has 0 aliphatic heterocycles. The number of H-pyrrole nitrogens is 1. The highest BCUT2D eigenvalue weighted by molar-refractivity contribution is 9.10. The molecule has 2 aromatic heterocycles. The molecule has 2 aromatic rings. The van der Waals surface area contributed by atoms with Crippen molar-refractivity contribution in [3.63, 3.8) is 0 Å². The molecule has 0 unspecified atom stereocenters. The number of rotatable bonds is 4. The molecule has 0 aliphatic carbocycles. The van der Waals surface area contributed by atoms with E-state index in [1.54, 1.807) is 12.5 Å². The monoisotopic (exact) mass is 266 g/mol. The molecule has 0 aromatic carbocycles. The molecule has 78 valence electrons. The van der Waals surface area contributed by atoms with E-state index in [0.29, 0.717) is 0 Å². The molecular weight excluding hydrogens is 256 g/mol. The number of aromatic nitrogens is 3. The summed E-state index contributed by atoms with van der Waals surface area (Å²) in [7, 11) is 0. The summed E-state index contributed by atoms with van der Waals surface area (Å²) < 4.78 is 1.000. The van der Waals surface area contributed by atoms with Gasteiger partial charge in [-0.25, -0.2) is 4.98 Å². The SMILES string of the molecule is Brc1ccc(CNCc2cnc[nH]2)nc1. The first-order valence-electron chi connectivity index (χ1n) is 4.63. The maximum Gasteiger partial charge on any atom is 0.0922 e. The second-order valence-electron chi connectivity index (χ2n) is 3.15. The van der Waals surface area contributed by atoms with Gasteiger partial charge in [0.1, 0.15) is 0 Å². The van der Waals surface area contributed by atoms with Crippen LogP contribution in [0, 0.1) is 0 Å². The molecule has 0 bridgehead atoms. The topological polar surface area (TPSA) is 53.6 Å². The average molecular weight is 267 g/mol. The molecule has 2 rings (SSSR count). The maximum absolute atomic E-state index is 4.26. The summed E-state index contributed by atoms with van der Waals surface area (Å²) >= 11 is 3.35. The van der Waals surface area contributed by atoms with Gasteiger partial charge < -0.3 is 10.3 Å². The maximum atomic E-state index is 4.26. The van der Waals surface area contributed by atoms with Gasteiger partial charge in [0.25, 0.3) is 0 Å². The van der Waals surface area contributed by atoms with E-state index in [1.807, 2.05) is 18.3 Å². The van der Waals surface area contributed by atoms with Gasteiger partial charge in [-0.2, -0.15) is 0 Å². The normalized spacial score (nSPS) is 10.5. The van der Waals surface area contributed by atoms with Crippen LogP contribution in [0.5, 0.6) is 0 Å². The number of pyridine rings is 1. The molecule has 15 heavy (non-hydrogen) atoms. The van der Waals surface area contributed by atoms with Crippen molar-refractivity contribution in [2.45, 2.75) is 13.1 Å². The number of nitrogens with one attached hydrogen (secondary N) is 2. The molecule has 2 heterocycles. The third-order valence-electron chi connectivity index (χ3n) is 1.97. The van der Waals surface area contributed by atoms with E-state index in [4.69, 9.17) is 0 Å². The minimum absolute atomic E-state index is 0.756. The molecule has 0 amide bonds. The van der Waals surface area contributed by atoms with E-state index in [1.165, 1.54) is 0 Å². The van der Waals surface area contributed by atoms with Crippen molar-refractivity contribution in [3.8, 4) is 0 Å². The highest BCUT2D eigenvalue weighted by atomic mass is 79.9. The van der Waals surface area contributed by atoms with Gasteiger partial charge in [0, 0.05) is 35.6 Å². The first kappa shape index (κ1) is 10.3. The molecule has 0 spiro atoms. The molecule has 0 fully saturated rings. The van der Waals surface area contributed by atoms with Crippen LogP contribution in [0.25, 0.3) is 0 Å². The molecule has 2 N–H and O–H groups in total. The summed E-state index contributed by atoms with van der Waals surface area (Å²) in [5.41, 5.74) is 2.10. The minimum atomic E-state index is 0.756. The van der Waals surface area contributed by atoms with Crippen LogP contribution < -0.4 is 5.32 Å². The van der Waals surface area contributed by atoms with E-state index in [9.17, 15) is 0 Å². The van der Waals surface area contributed by atoms with Crippen LogP contribution in [-0.2, 0) is 13.1 Å². The summed E-state index contributed by atoms with van der Waals surface area (Å²) in [6.07, 6.45) is 5.28. The molecule has 0 saturated carbocycles. The molecule has 5 heteroatoms. The zero-order valence-electron chi connectivity index (χ0n) is 8.07. The fourth-order valence-electron chi connectivity index (χ4n) is 1.22. The van der Waals surface area contributed by atoms with E-state index in [0.717, 1.165) is 29.0 Å². The number of hydrogen-bond acceptors (Lipinski definition) is 3. The highest BCUT2D eigenvalue weighted by Crippen LogP contribution is 2.07. The Morgan fingerprint density at radius 3 is 2.87 bits per heavy atom. The summed E-state index contributed by atoms with van der Waals surface area (Å²) in [4.78, 5) is 11.2. The number of nitrogens with zero attached hydrogens (tertiary/aromatic N) is 2. The first-order valence-corrected chi connectivity index (χ1v) is 5.42. The predicted octanol–water partition coefficient (Wildman–Crippen LogP) is 1.86. The van der Waals surface area contributed by atoms with Crippen LogP contribution in [0.1, 0.15) is 11.4 Å². The molecule has 4 nitrogen and oxygen atoms in total. The van der Waals surface area contributed by atoms with Crippen molar-refractivity contribution >= 4 is 15.9 Å². The van der Waals surface area contributed by atoms with Crippen LogP contribution in [0.3, 0.4) is 0 Å². The molecule has 0 aliphatic rings. The lowest BCUT2D eigenvalue weighted by molar-refractivity contribution is 0.669. The standard InChI is InChI=1S/C10H11BrN4/c11-8-1-2-9(14-3-8)4-12-5-10-6-13-7-15-10/h1-3,6-7,12H,4-5H2,(H,13,15). The van der Waals surface area contributed by atoms with E-state index in [2.05, 4.69) is 36.2 Å². The van der Waals surface area contributed by atoms with Crippen LogP contribution in [0.4, 0.5) is 0 Å². The van der Waals surface area contributed by atoms with Gasteiger partial charge in [-0.3, -0.25) is 4.98 Å². The van der Waals surface area contributed by atoms with E-state index in [-0.39, 0.29) is 0 Å². The molecule has 0 saturated heterocycles. The third kappa shape index (κ3) is 3.14. The number of hydrogen-bond donors (Lipinski definition) is 2. The summed E-state index contributed by atoms with van der Waals surface area (Å²) in [6, 6.07) is 3.98. The van der Waals surface area contributed by atoms with Gasteiger partial charge in [0.15, 0.2) is 0 Å². The van der Waals surface area contributed by atoms with Crippen molar-refractivity contribution in [2.75, 3.05) is 0 Å². The summed E-state index contributed by atoms with van der Waals surface area (Å²) in [5.74, 6) is 0. The Morgan fingerprint density at radius 2 is 2.20 bits per heavy atom. The van der Waals surface area contributed by atoms with Gasteiger partial charge in [-0.15, -0.1) is 0 Å². The van der Waals surface area contributed by atoms with Crippen LogP contribution in [0.15, 0.2) is 35.3 Å².